The molecule has 0 aromatic heterocycles. The zero-order valence-electron chi connectivity index (χ0n) is 12.0. The van der Waals surface area contributed by atoms with Gasteiger partial charge in [0.05, 0.1) is 0 Å². The molecule has 2 aromatic carbocycles. The van der Waals surface area contributed by atoms with E-state index in [-0.39, 0.29) is 40.6 Å². The van der Waals surface area contributed by atoms with E-state index < -0.39 is 0 Å². The Bertz CT molecular complexity index is 389. The van der Waals surface area contributed by atoms with Crippen molar-refractivity contribution in [2.24, 2.45) is 0 Å². The molecule has 0 saturated heterocycles. The molecule has 2 aromatic rings. The van der Waals surface area contributed by atoms with Gasteiger partial charge < -0.3 is 2.85 Å². The van der Waals surface area contributed by atoms with Crippen LogP contribution in [0.4, 0.5) is 0 Å². The van der Waals surface area contributed by atoms with Crippen LogP contribution in [0.2, 0.25) is 0 Å². The van der Waals surface area contributed by atoms with E-state index >= 15 is 0 Å². The fraction of sp³-hybridized carbons (Fsp3) is 0. The summed E-state index contributed by atoms with van der Waals surface area (Å²) in [7, 11) is 0. The van der Waals surface area contributed by atoms with Gasteiger partial charge in [0.1, 0.15) is 0 Å². The van der Waals surface area contributed by atoms with Gasteiger partial charge in [0.25, 0.3) is 0 Å². The normalized spacial score (nSPS) is 8.50. The van der Waals surface area contributed by atoms with E-state index in [0.717, 1.165) is 5.57 Å². The van der Waals surface area contributed by atoms with Crippen LogP contribution >= 0.6 is 0 Å². The molecule has 0 spiro atoms. The third-order valence-electron chi connectivity index (χ3n) is 2.24. The smallest absolute Gasteiger partial charge is 1.00 e. The van der Waals surface area contributed by atoms with Crippen LogP contribution in [0.15, 0.2) is 67.2 Å². The molecular formula is C14H14Li2. The maximum absolute atomic E-state index is 4.10. The molecule has 16 heavy (non-hydrogen) atoms. The quantitative estimate of drug-likeness (QED) is 0.486. The molecule has 0 aliphatic heterocycles. The maximum atomic E-state index is 4.10. The van der Waals surface area contributed by atoms with Crippen molar-refractivity contribution >= 4 is 5.57 Å². The summed E-state index contributed by atoms with van der Waals surface area (Å²) in [5, 5.41) is 0. The van der Waals surface area contributed by atoms with Crippen molar-refractivity contribution in [2.75, 3.05) is 0 Å². The van der Waals surface area contributed by atoms with Crippen molar-refractivity contribution in [1.29, 1.82) is 0 Å². The first-order valence-corrected chi connectivity index (χ1v) is 4.67. The largest absolute Gasteiger partial charge is 1.00 e. The Hall–Kier alpha value is -0.625. The molecule has 0 saturated carbocycles. The predicted molar refractivity (Wildman–Crippen MR) is 63.2 cm³/mol. The fourth-order valence-electron chi connectivity index (χ4n) is 1.45. The Morgan fingerprint density at radius 1 is 0.688 bits per heavy atom. The SMILES string of the molecule is C=C(c1ccccc1)c1ccccc1.[H-].[H-].[Li+].[Li+]. The van der Waals surface area contributed by atoms with E-state index in [0.29, 0.717) is 0 Å². The van der Waals surface area contributed by atoms with E-state index in [2.05, 4.69) is 30.8 Å². The molecule has 2 rings (SSSR count). The Balaban J connectivity index is -0.000000562. The zero-order valence-corrected chi connectivity index (χ0v) is 9.98. The maximum Gasteiger partial charge on any atom is 1.00 e. The summed E-state index contributed by atoms with van der Waals surface area (Å²) in [4.78, 5) is 0. The van der Waals surface area contributed by atoms with Crippen molar-refractivity contribution in [3.63, 3.8) is 0 Å². The van der Waals surface area contributed by atoms with Crippen LogP contribution in [0.1, 0.15) is 14.0 Å². The molecule has 0 nitrogen and oxygen atoms in total. The van der Waals surface area contributed by atoms with Gasteiger partial charge in [0.15, 0.2) is 0 Å². The molecule has 0 bridgehead atoms. The van der Waals surface area contributed by atoms with Crippen LogP contribution in [-0.2, 0) is 0 Å². The van der Waals surface area contributed by atoms with E-state index in [4.69, 9.17) is 0 Å². The van der Waals surface area contributed by atoms with Crippen LogP contribution in [0.3, 0.4) is 0 Å². The molecule has 0 heterocycles. The van der Waals surface area contributed by atoms with Gasteiger partial charge in [0, 0.05) is 0 Å². The van der Waals surface area contributed by atoms with Gasteiger partial charge in [-0.2, -0.15) is 0 Å². The molecule has 0 atom stereocenters. The first-order valence-electron chi connectivity index (χ1n) is 4.67. The van der Waals surface area contributed by atoms with E-state index in [1.54, 1.807) is 0 Å². The summed E-state index contributed by atoms with van der Waals surface area (Å²) in [6.07, 6.45) is 0. The monoisotopic (exact) mass is 196 g/mol. The standard InChI is InChI=1S/C14H12.2Li.2H/c1-12(13-8-4-2-5-9-13)14-10-6-3-7-11-14;;;;/h2-11H,1H2;;;;/q;2*+1;2*-1. The van der Waals surface area contributed by atoms with Crippen LogP contribution < -0.4 is 37.7 Å². The number of rotatable bonds is 2. The van der Waals surface area contributed by atoms with Crippen LogP contribution in [-0.4, -0.2) is 0 Å². The summed E-state index contributed by atoms with van der Waals surface area (Å²) < 4.78 is 0. The molecule has 0 fully saturated rings. The second-order valence-electron chi connectivity index (χ2n) is 3.21. The molecule has 72 valence electrons. The average Bonchev–Trinajstić information content (AvgIpc) is 2.30. The first kappa shape index (κ1) is 15.4. The number of hydrogen-bond acceptors (Lipinski definition) is 0. The third kappa shape index (κ3) is 3.75. The Labute approximate surface area is 124 Å². The summed E-state index contributed by atoms with van der Waals surface area (Å²) in [6.45, 7) is 4.10. The van der Waals surface area contributed by atoms with Crippen LogP contribution in [0, 0.1) is 0 Å². The molecule has 0 aliphatic rings. The van der Waals surface area contributed by atoms with E-state index in [1.807, 2.05) is 36.4 Å². The summed E-state index contributed by atoms with van der Waals surface area (Å²) >= 11 is 0. The van der Waals surface area contributed by atoms with Crippen LogP contribution in [0.25, 0.3) is 5.57 Å². The van der Waals surface area contributed by atoms with Crippen molar-refractivity contribution < 1.29 is 40.6 Å². The Kier molecular flexibility index (Phi) is 7.32. The topological polar surface area (TPSA) is 0 Å². The van der Waals surface area contributed by atoms with Gasteiger partial charge in [-0.1, -0.05) is 67.2 Å². The fourth-order valence-corrected chi connectivity index (χ4v) is 1.45. The Morgan fingerprint density at radius 2 is 1.00 bits per heavy atom. The predicted octanol–water partition coefficient (Wildman–Crippen LogP) is -2.02. The van der Waals surface area contributed by atoms with Crippen molar-refractivity contribution in [2.45, 2.75) is 0 Å². The van der Waals surface area contributed by atoms with E-state index in [9.17, 15) is 0 Å². The minimum absolute atomic E-state index is 0. The summed E-state index contributed by atoms with van der Waals surface area (Å²) in [5.74, 6) is 0. The Morgan fingerprint density at radius 3 is 1.31 bits per heavy atom. The van der Waals surface area contributed by atoms with Crippen molar-refractivity contribution in [3.8, 4) is 0 Å². The van der Waals surface area contributed by atoms with Gasteiger partial charge in [-0.3, -0.25) is 0 Å². The van der Waals surface area contributed by atoms with Crippen LogP contribution in [0.5, 0.6) is 0 Å². The van der Waals surface area contributed by atoms with Gasteiger partial charge in [-0.05, 0) is 16.7 Å². The third-order valence-corrected chi connectivity index (χ3v) is 2.24. The van der Waals surface area contributed by atoms with Crippen molar-refractivity contribution in [3.05, 3.63) is 78.4 Å². The minimum atomic E-state index is 0. The second kappa shape index (κ2) is 7.62. The van der Waals surface area contributed by atoms with Gasteiger partial charge in [-0.25, -0.2) is 0 Å². The molecule has 0 N–H and O–H groups in total. The molecule has 0 amide bonds. The molecule has 0 unspecified atom stereocenters. The number of hydrogen-bond donors (Lipinski definition) is 0. The van der Waals surface area contributed by atoms with E-state index in [1.165, 1.54) is 11.1 Å². The number of benzene rings is 2. The summed E-state index contributed by atoms with van der Waals surface area (Å²) in [5.41, 5.74) is 3.43. The van der Waals surface area contributed by atoms with Gasteiger partial charge in [0.2, 0.25) is 0 Å². The molecule has 0 radical (unpaired) electrons. The van der Waals surface area contributed by atoms with Crippen molar-refractivity contribution in [1.82, 2.24) is 0 Å². The molecule has 0 aliphatic carbocycles. The first-order chi connectivity index (χ1) is 6.88. The minimum Gasteiger partial charge on any atom is -1.00 e. The zero-order chi connectivity index (χ0) is 9.80. The average molecular weight is 196 g/mol. The van der Waals surface area contributed by atoms with Gasteiger partial charge >= 0.3 is 37.7 Å². The van der Waals surface area contributed by atoms with Gasteiger partial charge in [-0.15, -0.1) is 0 Å². The molecular weight excluding hydrogens is 182 g/mol. The summed E-state index contributed by atoms with van der Waals surface area (Å²) in [6, 6.07) is 20.5. The second-order valence-corrected chi connectivity index (χ2v) is 3.21. The molecule has 2 heteroatoms.